The third-order valence-electron chi connectivity index (χ3n) is 13.0. The van der Waals surface area contributed by atoms with E-state index in [1.54, 1.807) is 77.9 Å². The molecule has 23 heteroatoms. The van der Waals surface area contributed by atoms with E-state index in [9.17, 15) is 28.8 Å². The summed E-state index contributed by atoms with van der Waals surface area (Å²) in [6, 6.07) is 30.0. The highest BCUT2D eigenvalue weighted by molar-refractivity contribution is 8.00. The quantitative estimate of drug-likeness (QED) is 0.0171. The summed E-state index contributed by atoms with van der Waals surface area (Å²) >= 11 is 8.93. The van der Waals surface area contributed by atoms with E-state index in [1.807, 2.05) is 117 Å². The van der Waals surface area contributed by atoms with Crippen molar-refractivity contribution in [2.45, 2.75) is 116 Å². The number of fused-ring (bicyclic) bond motifs is 2. The molecule has 83 heavy (non-hydrogen) atoms. The lowest BCUT2D eigenvalue weighted by atomic mass is 10.0. The molecule has 0 aliphatic carbocycles. The van der Waals surface area contributed by atoms with Crippen LogP contribution >= 0.6 is 34.7 Å². The number of ether oxygens (including phenoxy) is 5. The molecule has 2 aliphatic heterocycles. The molecule has 3 aromatic carbocycles. The first-order chi connectivity index (χ1) is 39.5. The van der Waals surface area contributed by atoms with Crippen molar-refractivity contribution in [3.63, 3.8) is 0 Å². The Kier molecular flexibility index (Phi) is 19.5. The van der Waals surface area contributed by atoms with E-state index in [1.165, 1.54) is 16.7 Å². The summed E-state index contributed by atoms with van der Waals surface area (Å²) < 4.78 is 32.3. The first-order valence-electron chi connectivity index (χ1n) is 26.9. The Balaban J connectivity index is 1.07. The minimum absolute atomic E-state index is 0.0344. The highest BCUT2D eigenvalue weighted by Gasteiger charge is 2.55. The summed E-state index contributed by atoms with van der Waals surface area (Å²) in [5.41, 5.74) is 2.25. The molecule has 1 saturated heterocycles. The summed E-state index contributed by atoms with van der Waals surface area (Å²) in [7, 11) is 3.26. The van der Waals surface area contributed by atoms with Gasteiger partial charge in [-0.15, -0.1) is 11.8 Å². The van der Waals surface area contributed by atoms with Crippen LogP contribution in [0, 0.1) is 5.92 Å². The van der Waals surface area contributed by atoms with Crippen molar-refractivity contribution < 1.29 is 61.9 Å². The van der Waals surface area contributed by atoms with Gasteiger partial charge in [-0.05, 0) is 82.9 Å². The van der Waals surface area contributed by atoms with Gasteiger partial charge in [-0.2, -0.15) is 4.57 Å². The number of nitrogens with zero attached hydrogens (tertiary/aromatic N) is 6. The second-order valence-electron chi connectivity index (χ2n) is 22.0. The lowest BCUT2D eigenvalue weighted by molar-refractivity contribution is -0.663. The number of β-lactam (4-membered cyclic amide) rings is 1. The van der Waals surface area contributed by atoms with Crippen LogP contribution in [0.25, 0.3) is 11.0 Å². The topological polar surface area (TPSA) is 222 Å². The van der Waals surface area contributed by atoms with Crippen LogP contribution in [0.3, 0.4) is 0 Å². The lowest BCUT2D eigenvalue weighted by Crippen LogP contribution is -2.71. The van der Waals surface area contributed by atoms with Crippen molar-refractivity contribution in [1.82, 2.24) is 24.7 Å². The van der Waals surface area contributed by atoms with Crippen molar-refractivity contribution in [1.29, 1.82) is 0 Å². The normalized spacial score (nSPS) is 15.7. The molecule has 0 saturated carbocycles. The highest BCUT2D eigenvalue weighted by atomic mass is 35.5. The molecule has 438 valence electrons. The molecule has 0 bridgehead atoms. The van der Waals surface area contributed by atoms with Crippen LogP contribution in [0.4, 0.5) is 14.7 Å². The Labute approximate surface area is 495 Å². The Morgan fingerprint density at radius 1 is 0.892 bits per heavy atom. The van der Waals surface area contributed by atoms with Gasteiger partial charge in [0.2, 0.25) is 11.6 Å². The lowest BCUT2D eigenvalue weighted by Gasteiger charge is -2.49. The molecule has 3 aromatic heterocycles. The average molecular weight is 1190 g/mol. The number of esters is 2. The molecular formula is C60H68ClN8O12S2+. The second-order valence-corrected chi connectivity index (χ2v) is 24.7. The SMILES string of the molecule is COc1ccc(COC(=O)C2=C(C[n+]3cccc4c3ccn4CCCN(C)C(=O)OC(C)(C)C)CSC3C(NC(=O)C(=NO[C@@H](C(=O)OC(c4ccccc4)c4ccccc4)C(C)C)c4nc(NC(=O)OC(C)(C)C)sc4Cl)C(=O)N23)cc1. The molecule has 6 aromatic rings. The summed E-state index contributed by atoms with van der Waals surface area (Å²) in [6.07, 6.45) is 1.06. The van der Waals surface area contributed by atoms with Crippen molar-refractivity contribution in [3.05, 3.63) is 154 Å². The number of anilines is 1. The van der Waals surface area contributed by atoms with E-state index in [0.29, 0.717) is 47.5 Å². The van der Waals surface area contributed by atoms with Crippen LogP contribution in [0.1, 0.15) is 90.3 Å². The van der Waals surface area contributed by atoms with Crippen molar-refractivity contribution in [2.75, 3.05) is 31.8 Å². The van der Waals surface area contributed by atoms with Gasteiger partial charge in [-0.25, -0.2) is 24.2 Å². The maximum absolute atomic E-state index is 14.8. The van der Waals surface area contributed by atoms with Crippen LogP contribution in [0.5, 0.6) is 5.75 Å². The number of benzene rings is 3. The smallest absolute Gasteiger partial charge is 0.413 e. The molecule has 4 amide bonds. The Bertz CT molecular complexity index is 3350. The number of oxime groups is 1. The number of nitrogens with one attached hydrogen (secondary N) is 2. The Morgan fingerprint density at radius 2 is 1.55 bits per heavy atom. The van der Waals surface area contributed by atoms with E-state index in [2.05, 4.69) is 25.3 Å². The van der Waals surface area contributed by atoms with E-state index in [0.717, 1.165) is 22.4 Å². The number of methoxy groups -OCH3 is 1. The zero-order chi connectivity index (χ0) is 59.8. The number of amides is 4. The third-order valence-corrected chi connectivity index (χ3v) is 15.5. The van der Waals surface area contributed by atoms with Crippen molar-refractivity contribution >= 4 is 92.5 Å². The van der Waals surface area contributed by atoms with Crippen LogP contribution in [0.15, 0.2) is 132 Å². The van der Waals surface area contributed by atoms with Gasteiger partial charge in [0, 0.05) is 55.7 Å². The van der Waals surface area contributed by atoms with Gasteiger partial charge in [0.15, 0.2) is 29.7 Å². The third kappa shape index (κ3) is 15.4. The molecule has 5 heterocycles. The molecule has 1 fully saturated rings. The second kappa shape index (κ2) is 26.5. The van der Waals surface area contributed by atoms with Gasteiger partial charge in [0.05, 0.1) is 7.11 Å². The monoisotopic (exact) mass is 1190 g/mol. The van der Waals surface area contributed by atoms with Crippen LogP contribution < -0.4 is 19.9 Å². The zero-order valence-electron chi connectivity index (χ0n) is 47.9. The zero-order valence-corrected chi connectivity index (χ0v) is 50.3. The van der Waals surface area contributed by atoms with Crippen LogP contribution in [-0.4, -0.2) is 116 Å². The largest absolute Gasteiger partial charge is 0.497 e. The number of hydrogen-bond donors (Lipinski definition) is 2. The van der Waals surface area contributed by atoms with Crippen LogP contribution in [-0.2, 0) is 62.7 Å². The van der Waals surface area contributed by atoms with E-state index in [4.69, 9.17) is 40.1 Å². The van der Waals surface area contributed by atoms with Crippen LogP contribution in [0.2, 0.25) is 4.34 Å². The van der Waals surface area contributed by atoms with E-state index < -0.39 is 82.4 Å². The van der Waals surface area contributed by atoms with Crippen molar-refractivity contribution in [2.24, 2.45) is 11.1 Å². The number of carbonyl (C=O) groups excluding carboxylic acids is 6. The molecule has 20 nitrogen and oxygen atoms in total. The number of pyridine rings is 1. The Morgan fingerprint density at radius 3 is 2.18 bits per heavy atom. The maximum Gasteiger partial charge on any atom is 0.413 e. The predicted molar refractivity (Wildman–Crippen MR) is 315 cm³/mol. The minimum atomic E-state index is -1.38. The summed E-state index contributed by atoms with van der Waals surface area (Å²) in [6.45, 7) is 15.1. The summed E-state index contributed by atoms with van der Waals surface area (Å²) in [4.78, 5) is 97.0. The number of thiazole rings is 1. The fourth-order valence-electron chi connectivity index (χ4n) is 9.00. The number of thioether (sulfide) groups is 1. The molecule has 3 atom stereocenters. The minimum Gasteiger partial charge on any atom is -0.497 e. The standard InChI is InChI=1S/C60H67ClN8O12S2/c1-36(2)48(55(73)78-49(38-19-13-11-14-20-38)39-21-15-12-16-22-39)81-65-45(44-50(61)83-56(63-44)64-57(74)79-59(3,4)5)51(70)62-46-52(71)69-47(54(72)77-34-37-24-26-41(76-10)27-25-37)40(35-82-53(46)69)33-68-30-17-23-42-43(68)28-32-67(42)31-18-29-66(9)58(75)80-60(6,7)8/h11-17,19-28,30,32,36,46,48-49,53H,18,29,31,33-35H2,1-10H3,(H-,62,63,64,70,74)/p+1/t46?,48-,53?/m1/s1. The number of rotatable bonds is 21. The van der Waals surface area contributed by atoms with Gasteiger partial charge < -0.3 is 43.3 Å². The van der Waals surface area contributed by atoms with E-state index >= 15 is 0 Å². The molecule has 8 rings (SSSR count). The number of aryl methyl sites for hydroxylation is 1. The van der Waals surface area contributed by atoms with E-state index in [-0.39, 0.29) is 39.8 Å². The maximum atomic E-state index is 14.8. The summed E-state index contributed by atoms with van der Waals surface area (Å²) in [5.74, 6) is -2.81. The molecular weight excluding hydrogens is 1120 g/mol. The molecule has 0 spiro atoms. The number of hydrogen-bond acceptors (Lipinski definition) is 16. The van der Waals surface area contributed by atoms with Gasteiger partial charge in [-0.3, -0.25) is 19.8 Å². The first-order valence-corrected chi connectivity index (χ1v) is 29.1. The predicted octanol–water partition coefficient (Wildman–Crippen LogP) is 9.83. The molecule has 0 radical (unpaired) electrons. The Hall–Kier alpha value is -7.95. The fourth-order valence-corrected chi connectivity index (χ4v) is 11.4. The average Bonchev–Trinajstić information content (AvgIpc) is 4.22. The van der Waals surface area contributed by atoms with Crippen molar-refractivity contribution in [3.8, 4) is 5.75 Å². The molecule has 2 aliphatic rings. The number of halogens is 1. The highest BCUT2D eigenvalue weighted by Crippen LogP contribution is 2.41. The van der Waals surface area contributed by atoms with Gasteiger partial charge >= 0.3 is 24.1 Å². The number of carbonyl (C=O) groups is 6. The fraction of sp³-hybridized carbons (Fsp3) is 0.383. The summed E-state index contributed by atoms with van der Waals surface area (Å²) in [5, 5.41) is 8.71. The van der Waals surface area contributed by atoms with Gasteiger partial charge in [-0.1, -0.05) is 115 Å². The molecule has 2 N–H and O–H groups in total. The number of aromatic nitrogens is 3. The van der Waals surface area contributed by atoms with Gasteiger partial charge in [0.1, 0.15) is 56.2 Å². The van der Waals surface area contributed by atoms with Gasteiger partial charge in [0.25, 0.3) is 11.8 Å². The first kappa shape index (κ1) is 61.1. The molecule has 2 unspecified atom stereocenters.